The predicted octanol–water partition coefficient (Wildman–Crippen LogP) is 4.75. The van der Waals surface area contributed by atoms with Gasteiger partial charge in [0.15, 0.2) is 0 Å². The van der Waals surface area contributed by atoms with Crippen molar-refractivity contribution in [1.29, 1.82) is 0 Å². The van der Waals surface area contributed by atoms with Crippen LogP contribution < -0.4 is 16.1 Å². The third kappa shape index (κ3) is 5.38. The highest BCUT2D eigenvalue weighted by atomic mass is 19.4. The second kappa shape index (κ2) is 10.9. The number of hydrogen-bond donors (Lipinski definition) is 0. The van der Waals surface area contributed by atoms with Gasteiger partial charge in [0, 0.05) is 44.6 Å². The summed E-state index contributed by atoms with van der Waals surface area (Å²) in [6.07, 6.45) is -1.21. The Labute approximate surface area is 218 Å². The molecule has 1 aliphatic heterocycles. The number of rotatable bonds is 7. The molecule has 0 atom stereocenters. The third-order valence-corrected chi connectivity index (χ3v) is 7.09. The van der Waals surface area contributed by atoms with Gasteiger partial charge in [-0.15, -0.1) is 0 Å². The SMILES string of the molecule is O=c1c(-c2ccccc2)c2ccccn2c(=O)n1CCCCN1CCN(c2cccc(C(F)(F)F)c2)CC1. The highest BCUT2D eigenvalue weighted by molar-refractivity contribution is 5.79. The minimum atomic E-state index is -4.35. The first-order valence-electron chi connectivity index (χ1n) is 12.8. The molecule has 0 saturated carbocycles. The summed E-state index contributed by atoms with van der Waals surface area (Å²) in [6.45, 7) is 3.89. The number of anilines is 1. The van der Waals surface area contributed by atoms with Crippen molar-refractivity contribution < 1.29 is 13.2 Å². The molecule has 0 bridgehead atoms. The summed E-state index contributed by atoms with van der Waals surface area (Å²) >= 11 is 0. The molecule has 6 nitrogen and oxygen atoms in total. The molecule has 1 saturated heterocycles. The zero-order valence-electron chi connectivity index (χ0n) is 20.9. The van der Waals surface area contributed by atoms with Crippen LogP contribution in [0.2, 0.25) is 0 Å². The van der Waals surface area contributed by atoms with E-state index in [0.717, 1.165) is 37.7 Å². The van der Waals surface area contributed by atoms with Gasteiger partial charge in [-0.05, 0) is 55.3 Å². The van der Waals surface area contributed by atoms with E-state index in [1.807, 2.05) is 41.3 Å². The first-order valence-corrected chi connectivity index (χ1v) is 12.8. The van der Waals surface area contributed by atoms with Gasteiger partial charge in [-0.3, -0.25) is 18.7 Å². The molecule has 5 rings (SSSR count). The first kappa shape index (κ1) is 25.8. The van der Waals surface area contributed by atoms with Crippen molar-refractivity contribution in [1.82, 2.24) is 13.9 Å². The molecule has 1 fully saturated rings. The van der Waals surface area contributed by atoms with Crippen LogP contribution in [0.5, 0.6) is 0 Å². The van der Waals surface area contributed by atoms with Crippen LogP contribution >= 0.6 is 0 Å². The lowest BCUT2D eigenvalue weighted by molar-refractivity contribution is -0.137. The van der Waals surface area contributed by atoms with E-state index in [9.17, 15) is 22.8 Å². The average Bonchev–Trinajstić information content (AvgIpc) is 2.93. The lowest BCUT2D eigenvalue weighted by atomic mass is 10.1. The van der Waals surface area contributed by atoms with E-state index in [0.29, 0.717) is 42.8 Å². The molecule has 38 heavy (non-hydrogen) atoms. The molecule has 0 radical (unpaired) electrons. The lowest BCUT2D eigenvalue weighted by Gasteiger charge is -2.36. The zero-order chi connectivity index (χ0) is 26.7. The van der Waals surface area contributed by atoms with Gasteiger partial charge in [0.05, 0.1) is 16.6 Å². The number of nitrogens with zero attached hydrogens (tertiary/aromatic N) is 4. The minimum Gasteiger partial charge on any atom is -0.369 e. The van der Waals surface area contributed by atoms with E-state index in [-0.39, 0.29) is 11.2 Å². The third-order valence-electron chi connectivity index (χ3n) is 7.09. The van der Waals surface area contributed by atoms with Gasteiger partial charge in [0.2, 0.25) is 0 Å². The van der Waals surface area contributed by atoms with Crippen LogP contribution in [0.3, 0.4) is 0 Å². The number of pyridine rings is 1. The van der Waals surface area contributed by atoms with E-state index in [1.165, 1.54) is 21.1 Å². The number of piperazine rings is 1. The van der Waals surface area contributed by atoms with E-state index in [4.69, 9.17) is 0 Å². The Bertz CT molecular complexity index is 1520. The molecular weight excluding hydrogens is 493 g/mol. The second-order valence-electron chi connectivity index (χ2n) is 9.52. The normalized spacial score (nSPS) is 14.8. The summed E-state index contributed by atoms with van der Waals surface area (Å²) in [6, 6.07) is 20.2. The van der Waals surface area contributed by atoms with Gasteiger partial charge in [0.1, 0.15) is 0 Å². The van der Waals surface area contributed by atoms with E-state index in [2.05, 4.69) is 4.90 Å². The Morgan fingerprint density at radius 2 is 1.47 bits per heavy atom. The topological polar surface area (TPSA) is 50.0 Å². The van der Waals surface area contributed by atoms with Crippen molar-refractivity contribution in [3.8, 4) is 11.1 Å². The largest absolute Gasteiger partial charge is 0.416 e. The number of fused-ring (bicyclic) bond motifs is 1. The molecule has 0 spiro atoms. The highest BCUT2D eigenvalue weighted by Gasteiger charge is 2.31. The first-order chi connectivity index (χ1) is 18.3. The van der Waals surface area contributed by atoms with Gasteiger partial charge in [-0.2, -0.15) is 13.2 Å². The summed E-state index contributed by atoms with van der Waals surface area (Å²) in [7, 11) is 0. The quantitative estimate of drug-likeness (QED) is 0.329. The van der Waals surface area contributed by atoms with Gasteiger partial charge < -0.3 is 4.90 Å². The van der Waals surface area contributed by atoms with Crippen molar-refractivity contribution >= 4 is 11.2 Å². The molecule has 4 aromatic rings. The van der Waals surface area contributed by atoms with Crippen molar-refractivity contribution in [2.75, 3.05) is 37.6 Å². The maximum Gasteiger partial charge on any atom is 0.416 e. The minimum absolute atomic E-state index is 0.290. The van der Waals surface area contributed by atoms with E-state index >= 15 is 0 Å². The maximum absolute atomic E-state index is 13.4. The summed E-state index contributed by atoms with van der Waals surface area (Å²) in [4.78, 5) is 30.8. The number of benzene rings is 2. The fourth-order valence-electron chi connectivity index (χ4n) is 5.06. The number of hydrogen-bond acceptors (Lipinski definition) is 4. The number of aromatic nitrogens is 2. The monoisotopic (exact) mass is 522 g/mol. The molecule has 0 aliphatic carbocycles. The highest BCUT2D eigenvalue weighted by Crippen LogP contribution is 2.32. The van der Waals surface area contributed by atoms with E-state index in [1.54, 1.807) is 24.4 Å². The van der Waals surface area contributed by atoms with Crippen LogP contribution in [-0.2, 0) is 12.7 Å². The molecule has 0 N–H and O–H groups in total. The molecular formula is C29H29F3N4O2. The fourth-order valence-corrected chi connectivity index (χ4v) is 5.06. The van der Waals surface area contributed by atoms with Gasteiger partial charge in [-0.25, -0.2) is 4.79 Å². The van der Waals surface area contributed by atoms with Crippen LogP contribution in [0.15, 0.2) is 88.6 Å². The predicted molar refractivity (Wildman–Crippen MR) is 143 cm³/mol. The molecule has 0 unspecified atom stereocenters. The van der Waals surface area contributed by atoms with E-state index < -0.39 is 11.7 Å². The standard InChI is InChI=1S/C29H29F3N4O2/c30-29(31,32)23-11-8-12-24(21-23)34-19-17-33(18-20-34)14-6-7-16-36-27(37)26(22-9-2-1-3-10-22)25-13-4-5-15-35(25)28(36)38/h1-5,8-13,15,21H,6-7,14,16-20H2. The molecule has 0 amide bonds. The second-order valence-corrected chi connectivity index (χ2v) is 9.52. The fraction of sp³-hybridized carbons (Fsp3) is 0.310. The van der Waals surface area contributed by atoms with Crippen molar-refractivity contribution in [3.63, 3.8) is 0 Å². The lowest BCUT2D eigenvalue weighted by Crippen LogP contribution is -2.46. The molecule has 2 aromatic carbocycles. The van der Waals surface area contributed by atoms with Gasteiger partial charge >= 0.3 is 11.9 Å². The zero-order valence-corrected chi connectivity index (χ0v) is 20.9. The van der Waals surface area contributed by atoms with Crippen molar-refractivity contribution in [3.05, 3.63) is 105 Å². The molecule has 3 heterocycles. The van der Waals surface area contributed by atoms with Crippen LogP contribution in [-0.4, -0.2) is 46.6 Å². The Hall–Kier alpha value is -3.85. The number of unbranched alkanes of at least 4 members (excludes halogenated alkanes) is 1. The van der Waals surface area contributed by atoms with Crippen molar-refractivity contribution in [2.45, 2.75) is 25.6 Å². The summed E-state index contributed by atoms with van der Waals surface area (Å²) in [5.74, 6) is 0. The number of alkyl halides is 3. The van der Waals surface area contributed by atoms with Crippen LogP contribution in [0.4, 0.5) is 18.9 Å². The maximum atomic E-state index is 13.4. The number of halogens is 3. The molecule has 9 heteroatoms. The summed E-state index contributed by atoms with van der Waals surface area (Å²) in [5.41, 5.74) is 1.19. The smallest absolute Gasteiger partial charge is 0.369 e. The summed E-state index contributed by atoms with van der Waals surface area (Å²) in [5, 5.41) is 0. The Balaban J connectivity index is 1.21. The Morgan fingerprint density at radius 1 is 0.763 bits per heavy atom. The average molecular weight is 523 g/mol. The van der Waals surface area contributed by atoms with Crippen LogP contribution in [0.25, 0.3) is 16.6 Å². The summed E-state index contributed by atoms with van der Waals surface area (Å²) < 4.78 is 42.0. The van der Waals surface area contributed by atoms with Gasteiger partial charge in [0.25, 0.3) is 5.56 Å². The Morgan fingerprint density at radius 3 is 2.21 bits per heavy atom. The van der Waals surface area contributed by atoms with Crippen LogP contribution in [0.1, 0.15) is 18.4 Å². The molecule has 2 aromatic heterocycles. The molecule has 1 aliphatic rings. The van der Waals surface area contributed by atoms with Crippen LogP contribution in [0, 0.1) is 0 Å². The van der Waals surface area contributed by atoms with Crippen molar-refractivity contribution in [2.24, 2.45) is 0 Å². The molecule has 198 valence electrons. The Kier molecular flexibility index (Phi) is 7.37. The van der Waals surface area contributed by atoms with Gasteiger partial charge in [-0.1, -0.05) is 42.5 Å².